The Bertz CT molecular complexity index is 349. The number of ether oxygens (including phenoxy) is 1. The maximum absolute atomic E-state index is 13.5. The minimum absolute atomic E-state index is 0.341. The number of benzene rings is 1. The molecule has 13 heavy (non-hydrogen) atoms. The molecule has 0 fully saturated rings. The first-order chi connectivity index (χ1) is 6.20. The van der Waals surface area contributed by atoms with Crippen molar-refractivity contribution in [1.82, 2.24) is 0 Å². The number of esters is 1. The molecule has 0 amide bonds. The number of hydrogen-bond donors (Lipinski definition) is 0. The number of hydrogen-bond acceptors (Lipinski definition) is 2. The number of halogens is 1. The lowest BCUT2D eigenvalue weighted by Gasteiger charge is -2.24. The van der Waals surface area contributed by atoms with Crippen LogP contribution < -0.4 is 0 Å². The van der Waals surface area contributed by atoms with E-state index in [0.29, 0.717) is 11.1 Å². The summed E-state index contributed by atoms with van der Waals surface area (Å²) >= 11 is 0. The Hall–Kier alpha value is -1.38. The molecule has 1 aromatic carbocycles. The largest absolute Gasteiger partial charge is 0.456 e. The van der Waals surface area contributed by atoms with Crippen LogP contribution in [-0.2, 0) is 4.74 Å². The van der Waals surface area contributed by atoms with Crippen molar-refractivity contribution in [3.63, 3.8) is 0 Å². The smallest absolute Gasteiger partial charge is 0.338 e. The average molecular weight is 180 g/mol. The third-order valence-electron chi connectivity index (χ3n) is 2.18. The van der Waals surface area contributed by atoms with E-state index >= 15 is 0 Å². The van der Waals surface area contributed by atoms with Crippen molar-refractivity contribution in [1.29, 1.82) is 0 Å². The van der Waals surface area contributed by atoms with Gasteiger partial charge in [-0.2, -0.15) is 0 Å². The molecule has 2 atom stereocenters. The Labute approximate surface area is 75.3 Å². The van der Waals surface area contributed by atoms with Crippen LogP contribution in [0.4, 0.5) is 4.39 Å². The van der Waals surface area contributed by atoms with E-state index in [1.165, 1.54) is 0 Å². The summed E-state index contributed by atoms with van der Waals surface area (Å²) in [6.07, 6.45) is -1.88. The van der Waals surface area contributed by atoms with Gasteiger partial charge < -0.3 is 4.74 Å². The van der Waals surface area contributed by atoms with E-state index in [-0.39, 0.29) is 0 Å². The third kappa shape index (κ3) is 1.20. The second-order valence-electron chi connectivity index (χ2n) is 3.10. The lowest BCUT2D eigenvalue weighted by atomic mass is 9.98. The van der Waals surface area contributed by atoms with Crippen molar-refractivity contribution in [3.05, 3.63) is 35.4 Å². The Morgan fingerprint density at radius 2 is 2.08 bits per heavy atom. The van der Waals surface area contributed by atoms with E-state index in [1.54, 1.807) is 31.2 Å². The zero-order valence-corrected chi connectivity index (χ0v) is 7.16. The molecule has 0 N–H and O–H groups in total. The molecule has 1 aliphatic heterocycles. The predicted octanol–water partition coefficient (Wildman–Crippen LogP) is 2.26. The third-order valence-corrected chi connectivity index (χ3v) is 2.18. The molecule has 2 rings (SSSR count). The van der Waals surface area contributed by atoms with E-state index in [9.17, 15) is 9.18 Å². The molecule has 0 saturated carbocycles. The molecular formula is C10H9FO2. The van der Waals surface area contributed by atoms with Crippen molar-refractivity contribution in [3.8, 4) is 0 Å². The molecule has 0 spiro atoms. The van der Waals surface area contributed by atoms with Crippen LogP contribution >= 0.6 is 0 Å². The van der Waals surface area contributed by atoms with E-state index in [2.05, 4.69) is 0 Å². The van der Waals surface area contributed by atoms with Gasteiger partial charge in [0.2, 0.25) is 0 Å². The molecular weight excluding hydrogens is 171 g/mol. The number of carbonyl (C=O) groups excluding carboxylic acids is 1. The fraction of sp³-hybridized carbons (Fsp3) is 0.300. The highest BCUT2D eigenvalue weighted by molar-refractivity contribution is 5.92. The molecule has 68 valence electrons. The van der Waals surface area contributed by atoms with E-state index in [1.807, 2.05) is 0 Å². The highest BCUT2D eigenvalue weighted by atomic mass is 19.1. The van der Waals surface area contributed by atoms with Crippen LogP contribution in [-0.4, -0.2) is 12.1 Å². The highest BCUT2D eigenvalue weighted by Gasteiger charge is 2.32. The van der Waals surface area contributed by atoms with Crippen molar-refractivity contribution in [2.24, 2.45) is 0 Å². The zero-order chi connectivity index (χ0) is 9.42. The SMILES string of the molecule is C[C@@H]1OC(=O)c2ccccc2[C@@H]1F. The van der Waals surface area contributed by atoms with Crippen LogP contribution in [0.1, 0.15) is 29.0 Å². The summed E-state index contributed by atoms with van der Waals surface area (Å²) in [6, 6.07) is 6.62. The molecule has 0 radical (unpaired) electrons. The predicted molar refractivity (Wildman–Crippen MR) is 45.2 cm³/mol. The van der Waals surface area contributed by atoms with Gasteiger partial charge in [0.15, 0.2) is 6.17 Å². The topological polar surface area (TPSA) is 26.3 Å². The standard InChI is InChI=1S/C10H9FO2/c1-6-9(11)7-4-2-3-5-8(7)10(12)13-6/h2-6,9H,1H3/t6-,9+/m0/s1. The molecule has 0 saturated heterocycles. The summed E-state index contributed by atoms with van der Waals surface area (Å²) in [5.41, 5.74) is 0.777. The molecule has 2 nitrogen and oxygen atoms in total. The summed E-state index contributed by atoms with van der Waals surface area (Å²) in [5, 5.41) is 0. The lowest BCUT2D eigenvalue weighted by Crippen LogP contribution is -2.27. The van der Waals surface area contributed by atoms with Gasteiger partial charge in [-0.15, -0.1) is 0 Å². The molecule has 3 heteroatoms. The van der Waals surface area contributed by atoms with Crippen molar-refractivity contribution in [2.75, 3.05) is 0 Å². The van der Waals surface area contributed by atoms with Crippen molar-refractivity contribution >= 4 is 5.97 Å². The van der Waals surface area contributed by atoms with Crippen molar-refractivity contribution in [2.45, 2.75) is 19.2 Å². The normalized spacial score (nSPS) is 26.5. The van der Waals surface area contributed by atoms with Gasteiger partial charge >= 0.3 is 5.97 Å². The minimum atomic E-state index is -1.20. The first-order valence-electron chi connectivity index (χ1n) is 4.14. The maximum atomic E-state index is 13.5. The fourth-order valence-electron chi connectivity index (χ4n) is 1.47. The van der Waals surface area contributed by atoms with Gasteiger partial charge in [0.05, 0.1) is 5.56 Å². The zero-order valence-electron chi connectivity index (χ0n) is 7.16. The van der Waals surface area contributed by atoms with Crippen LogP contribution in [0.15, 0.2) is 24.3 Å². The minimum Gasteiger partial charge on any atom is -0.456 e. The van der Waals surface area contributed by atoms with Gasteiger partial charge in [0.1, 0.15) is 6.10 Å². The fourth-order valence-corrected chi connectivity index (χ4v) is 1.47. The monoisotopic (exact) mass is 180 g/mol. The van der Waals surface area contributed by atoms with Crippen LogP contribution in [0.5, 0.6) is 0 Å². The summed E-state index contributed by atoms with van der Waals surface area (Å²) in [5.74, 6) is -0.433. The molecule has 0 aliphatic carbocycles. The van der Waals surface area contributed by atoms with E-state index in [0.717, 1.165) is 0 Å². The summed E-state index contributed by atoms with van der Waals surface area (Å²) in [6.45, 7) is 1.55. The summed E-state index contributed by atoms with van der Waals surface area (Å²) < 4.78 is 18.3. The average Bonchev–Trinajstić information content (AvgIpc) is 2.15. The van der Waals surface area contributed by atoms with Gasteiger partial charge in [-0.3, -0.25) is 0 Å². The quantitative estimate of drug-likeness (QED) is 0.572. The van der Waals surface area contributed by atoms with Crippen LogP contribution in [0.25, 0.3) is 0 Å². The highest BCUT2D eigenvalue weighted by Crippen LogP contribution is 2.31. The second-order valence-corrected chi connectivity index (χ2v) is 3.10. The van der Waals surface area contributed by atoms with Gasteiger partial charge in [-0.05, 0) is 13.0 Å². The van der Waals surface area contributed by atoms with Crippen LogP contribution in [0, 0.1) is 0 Å². The summed E-state index contributed by atoms with van der Waals surface area (Å²) in [7, 11) is 0. The van der Waals surface area contributed by atoms with Crippen LogP contribution in [0.3, 0.4) is 0 Å². The lowest BCUT2D eigenvalue weighted by molar-refractivity contribution is 0.00403. The van der Waals surface area contributed by atoms with Gasteiger partial charge in [-0.1, -0.05) is 18.2 Å². The Kier molecular flexibility index (Phi) is 1.79. The second kappa shape index (κ2) is 2.83. The summed E-state index contributed by atoms with van der Waals surface area (Å²) in [4.78, 5) is 11.3. The molecule has 0 bridgehead atoms. The molecule has 1 aromatic rings. The van der Waals surface area contributed by atoms with Gasteiger partial charge in [0.25, 0.3) is 0 Å². The number of fused-ring (bicyclic) bond motifs is 1. The molecule has 1 aliphatic rings. The first kappa shape index (κ1) is 8.23. The molecule has 1 heterocycles. The van der Waals surface area contributed by atoms with Crippen LogP contribution in [0.2, 0.25) is 0 Å². The van der Waals surface area contributed by atoms with E-state index in [4.69, 9.17) is 4.74 Å². The maximum Gasteiger partial charge on any atom is 0.338 e. The van der Waals surface area contributed by atoms with Crippen molar-refractivity contribution < 1.29 is 13.9 Å². The number of alkyl halides is 1. The number of rotatable bonds is 0. The molecule has 0 aromatic heterocycles. The Morgan fingerprint density at radius 1 is 1.38 bits per heavy atom. The molecule has 0 unspecified atom stereocenters. The Balaban J connectivity index is 2.53. The first-order valence-corrected chi connectivity index (χ1v) is 4.14. The van der Waals surface area contributed by atoms with E-state index < -0.39 is 18.2 Å². The number of cyclic esters (lactones) is 1. The number of carbonyl (C=O) groups is 1. The Morgan fingerprint density at radius 3 is 2.85 bits per heavy atom. The van der Waals surface area contributed by atoms with Gasteiger partial charge in [0, 0.05) is 5.56 Å². The van der Waals surface area contributed by atoms with Gasteiger partial charge in [-0.25, -0.2) is 9.18 Å².